The summed E-state index contributed by atoms with van der Waals surface area (Å²) in [5.41, 5.74) is 0.322. The fraction of sp³-hybridized carbons (Fsp3) is 0.667. The molecule has 0 spiro atoms. The van der Waals surface area contributed by atoms with Gasteiger partial charge < -0.3 is 5.11 Å². The van der Waals surface area contributed by atoms with E-state index in [1.54, 1.807) is 6.08 Å². The predicted molar refractivity (Wildman–Crippen MR) is 57.6 cm³/mol. The Kier molecular flexibility index (Phi) is 4.53. The second-order valence-electron chi connectivity index (χ2n) is 4.02. The molecule has 0 aromatic carbocycles. The Hall–Kier alpha value is -1.12. The molecule has 0 fully saturated rings. The Morgan fingerprint density at radius 3 is 2.87 bits per heavy atom. The van der Waals surface area contributed by atoms with E-state index in [2.05, 4.69) is 0 Å². The third-order valence-corrected chi connectivity index (χ3v) is 2.85. The molecule has 3 nitrogen and oxygen atoms in total. The van der Waals surface area contributed by atoms with Crippen LogP contribution in [0.15, 0.2) is 11.6 Å². The topological polar surface area (TPSA) is 54.4 Å². The highest BCUT2D eigenvalue weighted by molar-refractivity contribution is 5.96. The van der Waals surface area contributed by atoms with Gasteiger partial charge in [-0.15, -0.1) is 0 Å². The number of allylic oxidation sites excluding steroid dienone is 1. The molecule has 0 saturated carbocycles. The van der Waals surface area contributed by atoms with Crippen molar-refractivity contribution < 1.29 is 14.7 Å². The average Bonchev–Trinajstić information content (AvgIpc) is 2.25. The molecule has 0 aromatic heterocycles. The van der Waals surface area contributed by atoms with Crippen LogP contribution in [0.1, 0.15) is 45.4 Å². The molecule has 1 aliphatic rings. The largest absolute Gasteiger partial charge is 0.478 e. The van der Waals surface area contributed by atoms with Crippen molar-refractivity contribution in [3.8, 4) is 0 Å². The molecule has 1 rings (SSSR count). The van der Waals surface area contributed by atoms with Gasteiger partial charge in [-0.1, -0.05) is 19.4 Å². The van der Waals surface area contributed by atoms with Crippen LogP contribution < -0.4 is 0 Å². The zero-order chi connectivity index (χ0) is 11.3. The number of carbonyl (C=O) groups is 2. The second kappa shape index (κ2) is 5.69. The molecule has 0 heterocycles. The van der Waals surface area contributed by atoms with Gasteiger partial charge in [0.05, 0.1) is 0 Å². The van der Waals surface area contributed by atoms with E-state index in [1.807, 2.05) is 6.92 Å². The molecule has 0 amide bonds. The molecule has 15 heavy (non-hydrogen) atoms. The summed E-state index contributed by atoms with van der Waals surface area (Å²) < 4.78 is 0. The number of Topliss-reactive ketones (excluding diaryl/α,β-unsaturated/α-hetero) is 1. The number of unbranched alkanes of at least 4 members (excludes halogenated alkanes) is 1. The summed E-state index contributed by atoms with van der Waals surface area (Å²) in [5.74, 6) is -1.17. The molecular formula is C12H18O3. The normalized spacial score (nSPS) is 20.9. The third kappa shape index (κ3) is 3.18. The van der Waals surface area contributed by atoms with Gasteiger partial charge in [-0.05, 0) is 25.7 Å². The average molecular weight is 210 g/mol. The first-order chi connectivity index (χ1) is 7.16. The van der Waals surface area contributed by atoms with Gasteiger partial charge >= 0.3 is 5.97 Å². The zero-order valence-corrected chi connectivity index (χ0v) is 9.16. The van der Waals surface area contributed by atoms with Crippen molar-refractivity contribution in [2.45, 2.75) is 45.4 Å². The van der Waals surface area contributed by atoms with Crippen molar-refractivity contribution in [3.63, 3.8) is 0 Å². The van der Waals surface area contributed by atoms with Gasteiger partial charge in [-0.25, -0.2) is 4.79 Å². The smallest absolute Gasteiger partial charge is 0.331 e. The van der Waals surface area contributed by atoms with E-state index < -0.39 is 5.97 Å². The van der Waals surface area contributed by atoms with Crippen LogP contribution in [-0.2, 0) is 9.59 Å². The van der Waals surface area contributed by atoms with Crippen LogP contribution >= 0.6 is 0 Å². The monoisotopic (exact) mass is 210 g/mol. The predicted octanol–water partition coefficient (Wildman–Crippen LogP) is 2.56. The van der Waals surface area contributed by atoms with Gasteiger partial charge in [0.15, 0.2) is 0 Å². The molecule has 3 heteroatoms. The van der Waals surface area contributed by atoms with E-state index in [0.29, 0.717) is 18.4 Å². The molecule has 84 valence electrons. The lowest BCUT2D eigenvalue weighted by Crippen LogP contribution is -2.23. The molecule has 1 N–H and O–H groups in total. The molecule has 1 aliphatic carbocycles. The highest BCUT2D eigenvalue weighted by atomic mass is 16.4. The molecule has 0 unspecified atom stereocenters. The van der Waals surface area contributed by atoms with Crippen LogP contribution in [0.5, 0.6) is 0 Å². The van der Waals surface area contributed by atoms with E-state index in [1.165, 1.54) is 0 Å². The Bertz CT molecular complexity index is 279. The maximum atomic E-state index is 11.8. The van der Waals surface area contributed by atoms with Crippen LogP contribution in [0.2, 0.25) is 0 Å². The Balaban J connectivity index is 2.66. The first-order valence-electron chi connectivity index (χ1n) is 5.63. The summed E-state index contributed by atoms with van der Waals surface area (Å²) in [4.78, 5) is 22.7. The van der Waals surface area contributed by atoms with Crippen molar-refractivity contribution in [1.82, 2.24) is 0 Å². The van der Waals surface area contributed by atoms with Crippen LogP contribution in [0.25, 0.3) is 0 Å². The number of carbonyl (C=O) groups excluding carboxylic acids is 1. The van der Waals surface area contributed by atoms with E-state index in [4.69, 9.17) is 5.11 Å². The first kappa shape index (κ1) is 12.0. The standard InChI is InChI=1S/C12H18O3/c1-2-3-8-11(13)9-6-4-5-7-10(9)12(14)15/h7,9H,2-6,8H2,1H3,(H,14,15)/t9-/m0/s1. The van der Waals surface area contributed by atoms with Crippen molar-refractivity contribution >= 4 is 11.8 Å². The zero-order valence-electron chi connectivity index (χ0n) is 9.16. The van der Waals surface area contributed by atoms with Crippen molar-refractivity contribution in [1.29, 1.82) is 0 Å². The molecular weight excluding hydrogens is 192 g/mol. The van der Waals surface area contributed by atoms with Crippen LogP contribution in [0.3, 0.4) is 0 Å². The van der Waals surface area contributed by atoms with Crippen LogP contribution in [-0.4, -0.2) is 16.9 Å². The van der Waals surface area contributed by atoms with Crippen LogP contribution in [0, 0.1) is 5.92 Å². The number of carboxylic acid groups (broad SMARTS) is 1. The molecule has 0 aliphatic heterocycles. The lowest BCUT2D eigenvalue weighted by molar-refractivity contribution is -0.135. The number of ketones is 1. The highest BCUT2D eigenvalue weighted by Crippen LogP contribution is 2.27. The van der Waals surface area contributed by atoms with E-state index in [-0.39, 0.29) is 11.7 Å². The fourth-order valence-corrected chi connectivity index (χ4v) is 1.97. The van der Waals surface area contributed by atoms with Gasteiger partial charge in [0.1, 0.15) is 5.78 Å². The quantitative estimate of drug-likeness (QED) is 0.758. The summed E-state index contributed by atoms with van der Waals surface area (Å²) in [6, 6.07) is 0. The lowest BCUT2D eigenvalue weighted by atomic mass is 9.83. The molecule has 0 radical (unpaired) electrons. The Morgan fingerprint density at radius 2 is 2.27 bits per heavy atom. The minimum Gasteiger partial charge on any atom is -0.478 e. The van der Waals surface area contributed by atoms with Gasteiger partial charge in [0.25, 0.3) is 0 Å². The molecule has 0 aromatic rings. The van der Waals surface area contributed by atoms with E-state index in [0.717, 1.165) is 25.7 Å². The van der Waals surface area contributed by atoms with Crippen molar-refractivity contribution in [2.24, 2.45) is 5.92 Å². The van der Waals surface area contributed by atoms with Gasteiger partial charge in [-0.3, -0.25) is 4.79 Å². The first-order valence-corrected chi connectivity index (χ1v) is 5.63. The summed E-state index contributed by atoms with van der Waals surface area (Å²) in [5, 5.41) is 8.96. The summed E-state index contributed by atoms with van der Waals surface area (Å²) in [7, 11) is 0. The lowest BCUT2D eigenvalue weighted by Gasteiger charge is -2.20. The minimum atomic E-state index is -0.926. The van der Waals surface area contributed by atoms with Crippen molar-refractivity contribution in [2.75, 3.05) is 0 Å². The third-order valence-electron chi connectivity index (χ3n) is 2.85. The minimum absolute atomic E-state index is 0.102. The summed E-state index contributed by atoms with van der Waals surface area (Å²) >= 11 is 0. The fourth-order valence-electron chi connectivity index (χ4n) is 1.97. The second-order valence-corrected chi connectivity index (χ2v) is 4.02. The summed E-state index contributed by atoms with van der Waals surface area (Å²) in [6.07, 6.45) is 6.50. The van der Waals surface area contributed by atoms with E-state index in [9.17, 15) is 9.59 Å². The number of rotatable bonds is 5. The Labute approximate surface area is 90.2 Å². The molecule has 0 bridgehead atoms. The maximum Gasteiger partial charge on any atom is 0.331 e. The van der Waals surface area contributed by atoms with Gasteiger partial charge in [0.2, 0.25) is 0 Å². The van der Waals surface area contributed by atoms with Gasteiger partial charge in [0, 0.05) is 17.9 Å². The number of aliphatic carboxylic acids is 1. The number of hydrogen-bond acceptors (Lipinski definition) is 2. The number of carboxylic acids is 1. The van der Waals surface area contributed by atoms with Gasteiger partial charge in [-0.2, -0.15) is 0 Å². The number of hydrogen-bond donors (Lipinski definition) is 1. The highest BCUT2D eigenvalue weighted by Gasteiger charge is 2.28. The SMILES string of the molecule is CCCCC(=O)[C@H]1CCCC=C1C(=O)O. The summed E-state index contributed by atoms with van der Waals surface area (Å²) in [6.45, 7) is 2.03. The van der Waals surface area contributed by atoms with E-state index >= 15 is 0 Å². The molecule has 1 atom stereocenters. The van der Waals surface area contributed by atoms with Crippen molar-refractivity contribution in [3.05, 3.63) is 11.6 Å². The Morgan fingerprint density at radius 1 is 1.53 bits per heavy atom. The van der Waals surface area contributed by atoms with Crippen LogP contribution in [0.4, 0.5) is 0 Å². The maximum absolute atomic E-state index is 11.8. The molecule has 0 saturated heterocycles.